The summed E-state index contributed by atoms with van der Waals surface area (Å²) in [6, 6.07) is 10.7. The Kier molecular flexibility index (Phi) is 4.14. The van der Waals surface area contributed by atoms with Crippen molar-refractivity contribution in [3.05, 3.63) is 41.0 Å². The number of nitrogens with one attached hydrogen (secondary N) is 1. The first kappa shape index (κ1) is 14.7. The van der Waals surface area contributed by atoms with Crippen LogP contribution in [0.2, 0.25) is 0 Å². The molecule has 0 saturated heterocycles. The summed E-state index contributed by atoms with van der Waals surface area (Å²) >= 11 is 1.89. The molecule has 0 radical (unpaired) electrons. The molecule has 1 aliphatic rings. The van der Waals surface area contributed by atoms with E-state index in [0.717, 1.165) is 13.1 Å². The summed E-state index contributed by atoms with van der Waals surface area (Å²) in [4.78, 5) is 6.32. The number of nitrogens with zero attached hydrogens (tertiary/aromatic N) is 1. The summed E-state index contributed by atoms with van der Waals surface area (Å²) in [5.41, 5.74) is 2.87. The van der Waals surface area contributed by atoms with Crippen LogP contribution in [0.4, 0.5) is 0 Å². The van der Waals surface area contributed by atoms with E-state index in [0.29, 0.717) is 11.3 Å². The number of rotatable bonds is 6. The molecule has 0 aliphatic heterocycles. The van der Waals surface area contributed by atoms with Crippen molar-refractivity contribution in [3.8, 4) is 10.4 Å². The molecule has 0 amide bonds. The minimum absolute atomic E-state index is 0.352. The molecule has 0 unspecified atom stereocenters. The van der Waals surface area contributed by atoms with Gasteiger partial charge in [0.25, 0.3) is 0 Å². The average Bonchev–Trinajstić information content (AvgIpc) is 3.07. The second-order valence-electron chi connectivity index (χ2n) is 6.75. The summed E-state index contributed by atoms with van der Waals surface area (Å²) in [6.45, 7) is 8.73. The van der Waals surface area contributed by atoms with Crippen LogP contribution in [0.5, 0.6) is 0 Å². The fraction of sp³-hybridized carbons (Fsp3) is 0.500. The van der Waals surface area contributed by atoms with Gasteiger partial charge in [0.2, 0.25) is 0 Å². The van der Waals surface area contributed by atoms with Gasteiger partial charge in [0.05, 0.1) is 15.6 Å². The van der Waals surface area contributed by atoms with E-state index in [4.69, 9.17) is 4.98 Å². The van der Waals surface area contributed by atoms with E-state index in [1.54, 1.807) is 0 Å². The van der Waals surface area contributed by atoms with Crippen LogP contribution in [0, 0.1) is 5.92 Å². The molecule has 2 nitrogen and oxygen atoms in total. The van der Waals surface area contributed by atoms with Crippen molar-refractivity contribution in [2.75, 3.05) is 6.54 Å². The van der Waals surface area contributed by atoms with Gasteiger partial charge in [-0.2, -0.15) is 0 Å². The molecule has 3 heteroatoms. The summed E-state index contributed by atoms with van der Waals surface area (Å²) in [5.74, 6) is 0.671. The van der Waals surface area contributed by atoms with Gasteiger partial charge in [-0.1, -0.05) is 51.1 Å². The van der Waals surface area contributed by atoms with Crippen molar-refractivity contribution in [3.63, 3.8) is 0 Å². The van der Waals surface area contributed by atoms with E-state index >= 15 is 0 Å². The molecule has 1 aromatic carbocycles. The Bertz CT molecular complexity index is 597. The molecular weight excluding hydrogens is 276 g/mol. The van der Waals surface area contributed by atoms with Crippen LogP contribution in [0.15, 0.2) is 30.3 Å². The maximum atomic E-state index is 4.97. The zero-order valence-electron chi connectivity index (χ0n) is 13.1. The van der Waals surface area contributed by atoms with Crippen LogP contribution in [-0.4, -0.2) is 11.5 Å². The van der Waals surface area contributed by atoms with E-state index in [-0.39, 0.29) is 0 Å². The molecule has 1 fully saturated rings. The summed E-state index contributed by atoms with van der Waals surface area (Å²) in [7, 11) is 0. The van der Waals surface area contributed by atoms with Crippen molar-refractivity contribution >= 4 is 11.3 Å². The normalized spacial score (nSPS) is 16.4. The van der Waals surface area contributed by atoms with Crippen molar-refractivity contribution < 1.29 is 0 Å². The fourth-order valence-electron chi connectivity index (χ4n) is 2.43. The lowest BCUT2D eigenvalue weighted by atomic mass is 10.1. The van der Waals surface area contributed by atoms with Crippen LogP contribution < -0.4 is 5.32 Å². The molecule has 21 heavy (non-hydrogen) atoms. The first-order valence-corrected chi connectivity index (χ1v) is 8.66. The van der Waals surface area contributed by atoms with Gasteiger partial charge < -0.3 is 5.32 Å². The third kappa shape index (κ3) is 3.35. The zero-order chi connectivity index (χ0) is 14.9. The van der Waals surface area contributed by atoms with Gasteiger partial charge in [0.15, 0.2) is 0 Å². The lowest BCUT2D eigenvalue weighted by Crippen LogP contribution is -2.19. The number of thiazole rings is 1. The monoisotopic (exact) mass is 300 g/mol. The van der Waals surface area contributed by atoms with Crippen molar-refractivity contribution in [1.29, 1.82) is 0 Å². The molecule has 1 saturated carbocycles. The predicted molar refractivity (Wildman–Crippen MR) is 90.7 cm³/mol. The minimum atomic E-state index is 0.352. The quantitative estimate of drug-likeness (QED) is 0.843. The lowest BCUT2D eigenvalue weighted by molar-refractivity contribution is 0.548. The number of hydrogen-bond donors (Lipinski definition) is 1. The van der Waals surface area contributed by atoms with Crippen LogP contribution in [0.25, 0.3) is 10.4 Å². The lowest BCUT2D eigenvalue weighted by Gasteiger charge is -2.07. The van der Waals surface area contributed by atoms with E-state index < -0.39 is 0 Å². The Hall–Kier alpha value is -1.19. The van der Waals surface area contributed by atoms with Crippen LogP contribution in [-0.2, 0) is 12.0 Å². The maximum Gasteiger partial charge on any atom is 0.0994 e. The first-order valence-electron chi connectivity index (χ1n) is 7.85. The molecular formula is C18H24N2S. The smallest absolute Gasteiger partial charge is 0.0994 e. The van der Waals surface area contributed by atoms with Gasteiger partial charge in [-0.3, -0.25) is 0 Å². The van der Waals surface area contributed by atoms with Crippen LogP contribution in [0.1, 0.15) is 44.3 Å². The molecule has 3 rings (SSSR count). The van der Waals surface area contributed by atoms with Gasteiger partial charge in [-0.25, -0.2) is 4.98 Å². The Morgan fingerprint density at radius 3 is 2.57 bits per heavy atom. The highest BCUT2D eigenvalue weighted by molar-refractivity contribution is 7.15. The summed E-state index contributed by atoms with van der Waals surface area (Å²) in [5, 5.41) is 4.86. The average molecular weight is 300 g/mol. The molecule has 112 valence electrons. The molecule has 1 aliphatic carbocycles. The molecule has 1 aromatic heterocycles. The largest absolute Gasteiger partial charge is 0.311 e. The van der Waals surface area contributed by atoms with Crippen molar-refractivity contribution in [1.82, 2.24) is 10.3 Å². The Morgan fingerprint density at radius 1 is 1.24 bits per heavy atom. The van der Waals surface area contributed by atoms with Gasteiger partial charge in [-0.15, -0.1) is 11.3 Å². The zero-order valence-corrected chi connectivity index (χ0v) is 14.0. The molecule has 2 aromatic rings. The fourth-order valence-corrected chi connectivity index (χ4v) is 3.71. The summed E-state index contributed by atoms with van der Waals surface area (Å²) in [6.07, 6.45) is 2.57. The minimum Gasteiger partial charge on any atom is -0.311 e. The van der Waals surface area contributed by atoms with E-state index in [9.17, 15) is 0 Å². The number of hydrogen-bond acceptors (Lipinski definition) is 3. The SMILES string of the molecule is CC(C)CNCc1nc(C2(C)CC2)sc1-c1ccccc1. The first-order chi connectivity index (χ1) is 10.1. The standard InChI is InChI=1S/C18H24N2S/c1-13(2)11-19-12-15-16(14-7-5-4-6-8-14)21-17(20-15)18(3)9-10-18/h4-8,13,19H,9-12H2,1-3H3. The third-order valence-corrected chi connectivity index (χ3v) is 5.55. The highest BCUT2D eigenvalue weighted by Gasteiger charge is 2.42. The van der Waals surface area contributed by atoms with Gasteiger partial charge in [0, 0.05) is 12.0 Å². The highest BCUT2D eigenvalue weighted by Crippen LogP contribution is 2.50. The second-order valence-corrected chi connectivity index (χ2v) is 7.75. The van der Waals surface area contributed by atoms with Crippen molar-refractivity contribution in [2.45, 2.75) is 45.6 Å². The summed E-state index contributed by atoms with van der Waals surface area (Å²) < 4.78 is 0. The van der Waals surface area contributed by atoms with Gasteiger partial charge in [-0.05, 0) is 30.9 Å². The van der Waals surface area contributed by atoms with Gasteiger partial charge >= 0.3 is 0 Å². The molecule has 0 bridgehead atoms. The number of aromatic nitrogens is 1. The Morgan fingerprint density at radius 2 is 1.95 bits per heavy atom. The van der Waals surface area contributed by atoms with Crippen molar-refractivity contribution in [2.24, 2.45) is 5.92 Å². The Balaban J connectivity index is 1.87. The molecule has 0 atom stereocenters. The molecule has 0 spiro atoms. The van der Waals surface area contributed by atoms with E-state index in [1.165, 1.54) is 34.0 Å². The van der Waals surface area contributed by atoms with Crippen LogP contribution >= 0.6 is 11.3 Å². The van der Waals surface area contributed by atoms with E-state index in [2.05, 4.69) is 56.4 Å². The van der Waals surface area contributed by atoms with E-state index in [1.807, 2.05) is 11.3 Å². The Labute approximate surface area is 131 Å². The maximum absolute atomic E-state index is 4.97. The second kappa shape index (κ2) is 5.90. The highest BCUT2D eigenvalue weighted by atomic mass is 32.1. The topological polar surface area (TPSA) is 24.9 Å². The third-order valence-electron chi connectivity index (χ3n) is 4.09. The number of benzene rings is 1. The van der Waals surface area contributed by atoms with Gasteiger partial charge in [0.1, 0.15) is 0 Å². The predicted octanol–water partition coefficient (Wildman–Crippen LogP) is 4.61. The molecule has 1 N–H and O–H groups in total. The molecule has 1 heterocycles. The van der Waals surface area contributed by atoms with Crippen LogP contribution in [0.3, 0.4) is 0 Å².